The van der Waals surface area contributed by atoms with Crippen molar-refractivity contribution in [3.05, 3.63) is 52.6 Å². The summed E-state index contributed by atoms with van der Waals surface area (Å²) in [6, 6.07) is 12.1. The topological polar surface area (TPSA) is 0 Å². The molecule has 0 nitrogen and oxygen atoms in total. The van der Waals surface area contributed by atoms with Crippen molar-refractivity contribution < 1.29 is 0 Å². The minimum atomic E-state index is -0.477. The second-order valence-electron chi connectivity index (χ2n) is 4.25. The minimum Gasteiger partial charge on any atom is -0.116 e. The van der Waals surface area contributed by atoms with Crippen molar-refractivity contribution in [2.24, 2.45) is 0 Å². The minimum absolute atomic E-state index is 0.360. The molecule has 0 saturated heterocycles. The summed E-state index contributed by atoms with van der Waals surface area (Å²) < 4.78 is 0. The number of rotatable bonds is 0. The van der Waals surface area contributed by atoms with E-state index in [2.05, 4.69) is 0 Å². The number of fused-ring (bicyclic) bond motifs is 2. The van der Waals surface area contributed by atoms with E-state index >= 15 is 0 Å². The molecule has 0 aromatic heterocycles. The third-order valence-electron chi connectivity index (χ3n) is 3.16. The van der Waals surface area contributed by atoms with Gasteiger partial charge in [-0.25, -0.2) is 0 Å². The standard InChI is InChI=1S/C14H8Cl4/c15-11-9-5-7-3-1-2-4-8(7)6-10(9)12(16)14(18)13(11)17/h1-6,11,13H. The van der Waals surface area contributed by atoms with Gasteiger partial charge in [0.1, 0.15) is 0 Å². The zero-order valence-corrected chi connectivity index (χ0v) is 12.2. The van der Waals surface area contributed by atoms with Crippen LogP contribution in [0.3, 0.4) is 0 Å². The number of hydrogen-bond acceptors (Lipinski definition) is 0. The largest absolute Gasteiger partial charge is 0.116 e. The van der Waals surface area contributed by atoms with Gasteiger partial charge in [0.15, 0.2) is 0 Å². The maximum atomic E-state index is 6.35. The lowest BCUT2D eigenvalue weighted by molar-refractivity contribution is 0.936. The molecule has 2 atom stereocenters. The number of alkyl halides is 2. The Hall–Kier alpha value is -0.400. The molecule has 4 heteroatoms. The molecule has 0 saturated carbocycles. The Morgan fingerprint density at radius 3 is 2.11 bits per heavy atom. The Kier molecular flexibility index (Phi) is 3.23. The first-order chi connectivity index (χ1) is 8.59. The van der Waals surface area contributed by atoms with Crippen molar-refractivity contribution in [2.75, 3.05) is 0 Å². The van der Waals surface area contributed by atoms with Crippen LogP contribution in [0.25, 0.3) is 15.8 Å². The van der Waals surface area contributed by atoms with E-state index in [1.807, 2.05) is 36.4 Å². The molecule has 3 rings (SSSR count). The number of allylic oxidation sites excluding steroid dienone is 1. The highest BCUT2D eigenvalue weighted by Gasteiger charge is 2.32. The van der Waals surface area contributed by atoms with E-state index < -0.39 is 5.38 Å². The van der Waals surface area contributed by atoms with Gasteiger partial charge in [0.2, 0.25) is 0 Å². The first-order valence-electron chi connectivity index (χ1n) is 5.46. The van der Waals surface area contributed by atoms with Gasteiger partial charge in [0.05, 0.1) is 20.8 Å². The first-order valence-corrected chi connectivity index (χ1v) is 7.09. The molecule has 1 aliphatic carbocycles. The third kappa shape index (κ3) is 1.83. The van der Waals surface area contributed by atoms with E-state index in [4.69, 9.17) is 46.4 Å². The van der Waals surface area contributed by atoms with Crippen LogP contribution in [0, 0.1) is 0 Å². The van der Waals surface area contributed by atoms with Crippen LogP contribution in [0.4, 0.5) is 0 Å². The number of hydrogen-bond donors (Lipinski definition) is 0. The highest BCUT2D eigenvalue weighted by Crippen LogP contribution is 2.47. The third-order valence-corrected chi connectivity index (χ3v) is 5.29. The maximum absolute atomic E-state index is 6.35. The zero-order valence-electron chi connectivity index (χ0n) is 9.13. The van der Waals surface area contributed by atoms with Crippen molar-refractivity contribution in [2.45, 2.75) is 10.8 Å². The Morgan fingerprint density at radius 2 is 1.44 bits per heavy atom. The highest BCUT2D eigenvalue weighted by molar-refractivity contribution is 6.57. The van der Waals surface area contributed by atoms with Crippen molar-refractivity contribution in [3.63, 3.8) is 0 Å². The summed E-state index contributed by atoms with van der Waals surface area (Å²) >= 11 is 24.9. The van der Waals surface area contributed by atoms with Gasteiger partial charge >= 0.3 is 0 Å². The van der Waals surface area contributed by atoms with E-state index in [9.17, 15) is 0 Å². The Morgan fingerprint density at radius 1 is 0.833 bits per heavy atom. The van der Waals surface area contributed by atoms with Gasteiger partial charge in [-0.3, -0.25) is 0 Å². The molecule has 0 spiro atoms. The Balaban J connectivity index is 2.35. The summed E-state index contributed by atoms with van der Waals surface area (Å²) in [6.45, 7) is 0. The van der Waals surface area contributed by atoms with E-state index in [0.29, 0.717) is 10.1 Å². The smallest absolute Gasteiger partial charge is 0.0911 e. The quantitative estimate of drug-likeness (QED) is 0.532. The fraction of sp³-hybridized carbons (Fsp3) is 0.143. The lowest BCUT2D eigenvalue weighted by Crippen LogP contribution is -2.15. The summed E-state index contributed by atoms with van der Waals surface area (Å²) in [7, 11) is 0. The molecule has 2 aromatic rings. The van der Waals surface area contributed by atoms with Crippen molar-refractivity contribution in [1.29, 1.82) is 0 Å². The summed E-state index contributed by atoms with van der Waals surface area (Å²) in [4.78, 5) is 0. The summed E-state index contributed by atoms with van der Waals surface area (Å²) in [5, 5.41) is 2.30. The number of halogens is 4. The van der Waals surface area contributed by atoms with Gasteiger partial charge in [-0.05, 0) is 34.0 Å². The molecule has 92 valence electrons. The number of benzene rings is 2. The van der Waals surface area contributed by atoms with Gasteiger partial charge in [-0.15, -0.1) is 23.2 Å². The van der Waals surface area contributed by atoms with Crippen molar-refractivity contribution in [1.82, 2.24) is 0 Å². The average molecular weight is 318 g/mol. The van der Waals surface area contributed by atoms with Crippen LogP contribution in [0.2, 0.25) is 0 Å². The zero-order chi connectivity index (χ0) is 12.9. The predicted molar refractivity (Wildman–Crippen MR) is 80.8 cm³/mol. The van der Waals surface area contributed by atoms with E-state index in [1.54, 1.807) is 0 Å². The van der Waals surface area contributed by atoms with Crippen LogP contribution in [-0.2, 0) is 0 Å². The first kappa shape index (κ1) is 12.6. The fourth-order valence-corrected chi connectivity index (χ4v) is 3.39. The predicted octanol–water partition coefficient (Wildman–Crippen LogP) is 5.89. The summed E-state index contributed by atoms with van der Waals surface area (Å²) in [6.07, 6.45) is 0. The molecular formula is C14H8Cl4. The molecule has 0 radical (unpaired) electrons. The molecular weight excluding hydrogens is 310 g/mol. The van der Waals surface area contributed by atoms with Crippen molar-refractivity contribution >= 4 is 62.2 Å². The normalized spacial score (nSPS) is 23.3. The lowest BCUT2D eigenvalue weighted by Gasteiger charge is -2.26. The van der Waals surface area contributed by atoms with Gasteiger partial charge in [0, 0.05) is 0 Å². The fourth-order valence-electron chi connectivity index (χ4n) is 2.21. The monoisotopic (exact) mass is 316 g/mol. The second-order valence-corrected chi connectivity index (χ2v) is 5.98. The second kappa shape index (κ2) is 4.61. The van der Waals surface area contributed by atoms with Crippen molar-refractivity contribution in [3.8, 4) is 0 Å². The molecule has 0 amide bonds. The molecule has 0 bridgehead atoms. The van der Waals surface area contributed by atoms with E-state index in [-0.39, 0.29) is 5.38 Å². The van der Waals surface area contributed by atoms with Crippen LogP contribution in [0.15, 0.2) is 41.4 Å². The van der Waals surface area contributed by atoms with E-state index in [1.165, 1.54) is 0 Å². The highest BCUT2D eigenvalue weighted by atomic mass is 35.5. The summed E-state index contributed by atoms with van der Waals surface area (Å²) in [5.74, 6) is 0. The van der Waals surface area contributed by atoms with Crippen LogP contribution in [0.1, 0.15) is 16.5 Å². The molecule has 0 fully saturated rings. The average Bonchev–Trinajstić information content (AvgIpc) is 2.41. The van der Waals surface area contributed by atoms with Gasteiger partial charge < -0.3 is 0 Å². The Labute approximate surface area is 125 Å². The van der Waals surface area contributed by atoms with Gasteiger partial charge in [-0.2, -0.15) is 0 Å². The summed E-state index contributed by atoms with van der Waals surface area (Å²) in [5.41, 5.74) is 1.81. The molecule has 1 aliphatic rings. The van der Waals surface area contributed by atoms with Crippen LogP contribution < -0.4 is 0 Å². The van der Waals surface area contributed by atoms with Crippen LogP contribution in [-0.4, -0.2) is 5.38 Å². The SMILES string of the molecule is ClC1=C(Cl)C(Cl)C(Cl)c2cc3ccccc3cc21. The maximum Gasteiger partial charge on any atom is 0.0911 e. The molecule has 2 unspecified atom stereocenters. The lowest BCUT2D eigenvalue weighted by atomic mass is 9.93. The van der Waals surface area contributed by atoms with Gasteiger partial charge in [0.25, 0.3) is 0 Å². The molecule has 2 aromatic carbocycles. The van der Waals surface area contributed by atoms with E-state index in [0.717, 1.165) is 21.9 Å². The molecule has 0 heterocycles. The van der Waals surface area contributed by atoms with Crippen LogP contribution >= 0.6 is 46.4 Å². The molecule has 0 aliphatic heterocycles. The molecule has 0 N–H and O–H groups in total. The van der Waals surface area contributed by atoms with Gasteiger partial charge in [-0.1, -0.05) is 47.5 Å². The Bertz CT molecular complexity index is 660. The van der Waals surface area contributed by atoms with Crippen LogP contribution in [0.5, 0.6) is 0 Å². The molecule has 18 heavy (non-hydrogen) atoms.